The molecule has 1 heterocycles. The maximum absolute atomic E-state index is 5.37. The fourth-order valence-electron chi connectivity index (χ4n) is 1.24. The minimum absolute atomic E-state index is 0.580. The van der Waals surface area contributed by atoms with E-state index in [0.29, 0.717) is 19.0 Å². The van der Waals surface area contributed by atoms with Gasteiger partial charge in [0.2, 0.25) is 5.95 Å². The molecule has 1 aromatic carbocycles. The molecule has 0 amide bonds. The van der Waals surface area contributed by atoms with E-state index in [1.807, 2.05) is 24.3 Å². The van der Waals surface area contributed by atoms with E-state index < -0.39 is 0 Å². The third-order valence-corrected chi connectivity index (χ3v) is 1.92. The van der Waals surface area contributed by atoms with Crippen LogP contribution in [-0.4, -0.2) is 23.1 Å². The fraction of sp³-hybridized carbons (Fsp3) is 0.200. The van der Waals surface area contributed by atoms with Gasteiger partial charge >= 0.3 is 0 Å². The SMILES string of the molecule is NCCNc1ncc2ccccc2n1. The van der Waals surface area contributed by atoms with Gasteiger partial charge in [-0.05, 0) is 6.07 Å². The first-order valence-electron chi connectivity index (χ1n) is 4.56. The molecule has 0 aliphatic carbocycles. The number of nitrogens with zero attached hydrogens (tertiary/aromatic N) is 2. The van der Waals surface area contributed by atoms with E-state index in [-0.39, 0.29) is 0 Å². The highest BCUT2D eigenvalue weighted by molar-refractivity contribution is 5.78. The average molecular weight is 188 g/mol. The van der Waals surface area contributed by atoms with Crippen molar-refractivity contribution in [2.45, 2.75) is 0 Å². The molecule has 0 saturated heterocycles. The Bertz CT molecular complexity index is 427. The summed E-state index contributed by atoms with van der Waals surface area (Å²) in [5, 5.41) is 4.09. The van der Waals surface area contributed by atoms with Crippen LogP contribution in [0.15, 0.2) is 30.5 Å². The smallest absolute Gasteiger partial charge is 0.223 e. The number of hydrogen-bond donors (Lipinski definition) is 2. The van der Waals surface area contributed by atoms with Gasteiger partial charge in [0.15, 0.2) is 0 Å². The second-order valence-corrected chi connectivity index (χ2v) is 2.97. The van der Waals surface area contributed by atoms with Crippen LogP contribution in [0.1, 0.15) is 0 Å². The average Bonchev–Trinajstić information content (AvgIpc) is 2.26. The van der Waals surface area contributed by atoms with Crippen LogP contribution in [0.5, 0.6) is 0 Å². The van der Waals surface area contributed by atoms with E-state index in [9.17, 15) is 0 Å². The summed E-state index contributed by atoms with van der Waals surface area (Å²) in [6.45, 7) is 1.27. The van der Waals surface area contributed by atoms with Gasteiger partial charge in [0.25, 0.3) is 0 Å². The predicted molar refractivity (Wildman–Crippen MR) is 57.1 cm³/mol. The summed E-state index contributed by atoms with van der Waals surface area (Å²) in [5.74, 6) is 0.633. The number of nitrogens with one attached hydrogen (secondary N) is 1. The lowest BCUT2D eigenvalue weighted by Gasteiger charge is -2.03. The Hall–Kier alpha value is -1.68. The van der Waals surface area contributed by atoms with E-state index >= 15 is 0 Å². The number of anilines is 1. The predicted octanol–water partition coefficient (Wildman–Crippen LogP) is 1.00. The third kappa shape index (κ3) is 1.80. The number of benzene rings is 1. The molecule has 4 nitrogen and oxygen atoms in total. The molecule has 0 aliphatic heterocycles. The molecule has 14 heavy (non-hydrogen) atoms. The van der Waals surface area contributed by atoms with Crippen LogP contribution in [-0.2, 0) is 0 Å². The molecule has 0 atom stereocenters. The van der Waals surface area contributed by atoms with Crippen molar-refractivity contribution in [3.05, 3.63) is 30.5 Å². The Morgan fingerprint density at radius 3 is 3.00 bits per heavy atom. The minimum Gasteiger partial charge on any atom is -0.353 e. The monoisotopic (exact) mass is 188 g/mol. The first-order chi connectivity index (χ1) is 6.90. The lowest BCUT2D eigenvalue weighted by Crippen LogP contribution is -2.14. The van der Waals surface area contributed by atoms with Crippen LogP contribution in [0, 0.1) is 0 Å². The molecule has 1 aromatic heterocycles. The number of hydrogen-bond acceptors (Lipinski definition) is 4. The van der Waals surface area contributed by atoms with E-state index in [1.54, 1.807) is 6.20 Å². The molecule has 0 fully saturated rings. The number of rotatable bonds is 3. The van der Waals surface area contributed by atoms with E-state index in [1.165, 1.54) is 0 Å². The highest BCUT2D eigenvalue weighted by Gasteiger charge is 1.96. The standard InChI is InChI=1S/C10H12N4/c11-5-6-12-10-13-7-8-3-1-2-4-9(8)14-10/h1-4,7H,5-6,11H2,(H,12,13,14). The Morgan fingerprint density at radius 1 is 1.29 bits per heavy atom. The quantitative estimate of drug-likeness (QED) is 0.754. The molecular weight excluding hydrogens is 176 g/mol. The van der Waals surface area contributed by atoms with Crippen LogP contribution in [0.3, 0.4) is 0 Å². The first-order valence-corrected chi connectivity index (χ1v) is 4.56. The molecule has 72 valence electrons. The van der Waals surface area contributed by atoms with Crippen molar-refractivity contribution in [3.8, 4) is 0 Å². The molecule has 0 bridgehead atoms. The molecule has 0 radical (unpaired) electrons. The molecule has 0 unspecified atom stereocenters. The Balaban J connectivity index is 2.32. The molecule has 2 rings (SSSR count). The fourth-order valence-corrected chi connectivity index (χ4v) is 1.24. The number of nitrogens with two attached hydrogens (primary N) is 1. The zero-order valence-electron chi connectivity index (χ0n) is 7.77. The van der Waals surface area contributed by atoms with Gasteiger partial charge in [-0.15, -0.1) is 0 Å². The summed E-state index contributed by atoms with van der Waals surface area (Å²) in [6.07, 6.45) is 1.81. The second kappa shape index (κ2) is 4.02. The Kier molecular flexibility index (Phi) is 2.55. The van der Waals surface area contributed by atoms with Crippen molar-refractivity contribution in [2.24, 2.45) is 5.73 Å². The van der Waals surface area contributed by atoms with Gasteiger partial charge in [-0.25, -0.2) is 9.97 Å². The molecule has 0 aliphatic rings. The minimum atomic E-state index is 0.580. The maximum Gasteiger partial charge on any atom is 0.223 e. The maximum atomic E-state index is 5.37. The van der Waals surface area contributed by atoms with E-state index in [0.717, 1.165) is 10.9 Å². The number of para-hydroxylation sites is 1. The Labute approximate surface area is 82.2 Å². The van der Waals surface area contributed by atoms with Crippen LogP contribution in [0.25, 0.3) is 10.9 Å². The molecule has 2 aromatic rings. The normalized spacial score (nSPS) is 10.4. The zero-order chi connectivity index (χ0) is 9.80. The first kappa shape index (κ1) is 8.90. The lowest BCUT2D eigenvalue weighted by atomic mass is 10.2. The van der Waals surface area contributed by atoms with Gasteiger partial charge < -0.3 is 11.1 Å². The summed E-state index contributed by atoms with van der Waals surface area (Å²) in [7, 11) is 0. The highest BCUT2D eigenvalue weighted by Crippen LogP contribution is 2.11. The van der Waals surface area contributed by atoms with Gasteiger partial charge in [0.1, 0.15) is 0 Å². The highest BCUT2D eigenvalue weighted by atomic mass is 15.1. The van der Waals surface area contributed by atoms with Crippen molar-refractivity contribution in [1.82, 2.24) is 9.97 Å². The summed E-state index contributed by atoms with van der Waals surface area (Å²) >= 11 is 0. The summed E-state index contributed by atoms with van der Waals surface area (Å²) in [4.78, 5) is 8.50. The van der Waals surface area contributed by atoms with Gasteiger partial charge in [0, 0.05) is 24.7 Å². The topological polar surface area (TPSA) is 63.8 Å². The van der Waals surface area contributed by atoms with Gasteiger partial charge in [-0.1, -0.05) is 18.2 Å². The molecule has 3 N–H and O–H groups in total. The lowest BCUT2D eigenvalue weighted by molar-refractivity contribution is 0.996. The van der Waals surface area contributed by atoms with Crippen molar-refractivity contribution < 1.29 is 0 Å². The third-order valence-electron chi connectivity index (χ3n) is 1.92. The van der Waals surface area contributed by atoms with Crippen molar-refractivity contribution >= 4 is 16.9 Å². The Morgan fingerprint density at radius 2 is 2.14 bits per heavy atom. The molecule has 4 heteroatoms. The second-order valence-electron chi connectivity index (χ2n) is 2.97. The van der Waals surface area contributed by atoms with Crippen molar-refractivity contribution in [1.29, 1.82) is 0 Å². The van der Waals surface area contributed by atoms with Crippen LogP contribution < -0.4 is 11.1 Å². The molecular formula is C10H12N4. The summed E-state index contributed by atoms with van der Waals surface area (Å²) < 4.78 is 0. The summed E-state index contributed by atoms with van der Waals surface area (Å²) in [5.41, 5.74) is 6.32. The van der Waals surface area contributed by atoms with E-state index in [2.05, 4.69) is 15.3 Å². The zero-order valence-corrected chi connectivity index (χ0v) is 7.77. The summed E-state index contributed by atoms with van der Waals surface area (Å²) in [6, 6.07) is 7.88. The van der Waals surface area contributed by atoms with Crippen molar-refractivity contribution in [3.63, 3.8) is 0 Å². The van der Waals surface area contributed by atoms with Gasteiger partial charge in [-0.2, -0.15) is 0 Å². The number of fused-ring (bicyclic) bond motifs is 1. The van der Waals surface area contributed by atoms with Gasteiger partial charge in [0.05, 0.1) is 5.52 Å². The van der Waals surface area contributed by atoms with Crippen LogP contribution in [0.4, 0.5) is 5.95 Å². The molecule has 0 spiro atoms. The largest absolute Gasteiger partial charge is 0.353 e. The van der Waals surface area contributed by atoms with Crippen LogP contribution in [0.2, 0.25) is 0 Å². The van der Waals surface area contributed by atoms with Crippen molar-refractivity contribution in [2.75, 3.05) is 18.4 Å². The number of aromatic nitrogens is 2. The van der Waals surface area contributed by atoms with Gasteiger partial charge in [-0.3, -0.25) is 0 Å². The van der Waals surface area contributed by atoms with E-state index in [4.69, 9.17) is 5.73 Å². The molecule has 0 saturated carbocycles. The van der Waals surface area contributed by atoms with Crippen LogP contribution >= 0.6 is 0 Å².